The van der Waals surface area contributed by atoms with Crippen LogP contribution in [0.15, 0.2) is 243 Å². The van der Waals surface area contributed by atoms with Gasteiger partial charge in [0.2, 0.25) is 0 Å². The summed E-state index contributed by atoms with van der Waals surface area (Å²) >= 11 is 0. The van der Waals surface area contributed by atoms with Crippen LogP contribution >= 0.6 is 14.5 Å². The number of amides is 4. The number of halogens is 6. The van der Waals surface area contributed by atoms with Crippen molar-refractivity contribution in [1.82, 2.24) is 9.80 Å². The minimum absolute atomic E-state index is 0.0143. The molecule has 10 aromatic rings. The number of nitrogens with zero attached hydrogens (tertiary/aromatic N) is 2. The van der Waals surface area contributed by atoms with E-state index in [2.05, 4.69) is 0 Å². The van der Waals surface area contributed by atoms with E-state index in [1.165, 1.54) is 24.3 Å². The number of imide groups is 2. The summed E-state index contributed by atoms with van der Waals surface area (Å²) in [6.45, 7) is -0.894. The van der Waals surface area contributed by atoms with Crippen LogP contribution in [-0.2, 0) is 25.4 Å². The molecule has 0 bridgehead atoms. The molecule has 392 valence electrons. The summed E-state index contributed by atoms with van der Waals surface area (Å²) in [5.41, 5.74) is -1.33. The summed E-state index contributed by atoms with van der Waals surface area (Å²) in [4.78, 5) is 66.9. The Hall–Kier alpha value is -8.82. The van der Waals surface area contributed by atoms with Crippen LogP contribution in [0.3, 0.4) is 0 Å². The second kappa shape index (κ2) is 20.1. The summed E-state index contributed by atoms with van der Waals surface area (Å²) in [6.07, 6.45) is -9.33. The van der Waals surface area contributed by atoms with Crippen LogP contribution in [0.1, 0.15) is 63.7 Å². The van der Waals surface area contributed by atoms with Crippen LogP contribution in [0.25, 0.3) is 10.8 Å². The highest BCUT2D eigenvalue weighted by atomic mass is 31.2. The normalized spacial score (nSPS) is 13.8. The van der Waals surface area contributed by atoms with Gasteiger partial charge in [-0.15, -0.1) is 0 Å². The number of hydrogen-bond acceptors (Lipinski definition) is 4. The second-order valence-corrected chi connectivity index (χ2v) is 26.3. The van der Waals surface area contributed by atoms with Crippen LogP contribution < -0.4 is 42.4 Å². The highest BCUT2D eigenvalue weighted by Crippen LogP contribution is 2.60. The van der Waals surface area contributed by atoms with E-state index in [4.69, 9.17) is 0 Å². The molecule has 0 atom stereocenters. The average Bonchev–Trinajstić information content (AvgIpc) is 3.67. The fraction of sp³-hybridized carbons (Fsp3) is 0.0606. The predicted octanol–water partition coefficient (Wildman–Crippen LogP) is 11.7. The molecule has 0 fully saturated rings. The number of rotatable bonds is 12. The van der Waals surface area contributed by atoms with Gasteiger partial charge in [-0.2, -0.15) is 26.3 Å². The van der Waals surface area contributed by atoms with E-state index in [1.807, 2.05) is 182 Å². The minimum atomic E-state index is -4.66. The molecule has 10 aromatic carbocycles. The molecule has 12 rings (SSSR count). The molecule has 14 heteroatoms. The minimum Gasteiger partial charge on any atom is -0.270 e. The third-order valence-electron chi connectivity index (χ3n) is 15.1. The highest BCUT2D eigenvalue weighted by molar-refractivity contribution is 8.02. The lowest BCUT2D eigenvalue weighted by molar-refractivity contribution is -0.138. The number of carbonyl (C=O) groups excluding carboxylic acids is 4. The third kappa shape index (κ3) is 8.44. The molecule has 2 aliphatic heterocycles. The number of alkyl halides is 6. The van der Waals surface area contributed by atoms with Gasteiger partial charge in [-0.3, -0.25) is 29.0 Å². The Morgan fingerprint density at radius 1 is 0.312 bits per heavy atom. The molecule has 80 heavy (non-hydrogen) atoms. The van der Waals surface area contributed by atoms with Crippen LogP contribution in [0.5, 0.6) is 0 Å². The SMILES string of the molecule is O=C1c2cc([P+](c3ccccc3)(c3ccccc3)c3ccccc3)c3c4c(cc([P+](c5ccccc5)(c5ccccc5)c5ccccc5)c(c24)C(=O)N1Cc1ccc(C(F)(F)F)cc1)C(=O)N(Cc1ccc(C(F)(F)F)cc1)C3=O. The maximum absolute atomic E-state index is 16.3. The van der Waals surface area contributed by atoms with Crippen molar-refractivity contribution in [1.29, 1.82) is 0 Å². The van der Waals surface area contributed by atoms with Crippen LogP contribution in [0.4, 0.5) is 26.3 Å². The van der Waals surface area contributed by atoms with Crippen molar-refractivity contribution in [3.8, 4) is 0 Å². The van der Waals surface area contributed by atoms with Crippen molar-refractivity contribution in [2.45, 2.75) is 25.4 Å². The third-order valence-corrected chi connectivity index (χ3v) is 23.6. The molecule has 4 amide bonds. The first kappa shape index (κ1) is 51.9. The lowest BCUT2D eigenvalue weighted by Crippen LogP contribution is -2.50. The Labute approximate surface area is 457 Å². The van der Waals surface area contributed by atoms with Gasteiger partial charge in [0.25, 0.3) is 23.6 Å². The standard InChI is InChI=1S/C66H44F6N2O4P2/c67-65(68,69)45-35-31-43(32-36-45)41-73-62(76)54-40-56(80(50-25-13-4-14-26-50,51-27-15-5-16-28-51)52-29-17-6-18-30-52)60-58-53(61(75)74(64(60)78)42-44-33-37-46(38-34-44)66(70,71)72)39-55(59(57(54)58)63(73)77)79(47-19-7-1-8-20-47,48-21-9-2-10-22-48)49-23-11-3-12-24-49/h1-40H,41-42H2/q+2. The molecule has 0 N–H and O–H groups in total. The second-order valence-electron chi connectivity index (χ2n) is 19.5. The van der Waals surface area contributed by atoms with E-state index in [1.54, 1.807) is 12.1 Å². The van der Waals surface area contributed by atoms with Gasteiger partial charge in [0.05, 0.1) is 46.5 Å². The first-order valence-corrected chi connectivity index (χ1v) is 29.1. The molecule has 0 unspecified atom stereocenters. The lowest BCUT2D eigenvalue weighted by Gasteiger charge is -2.38. The number of benzene rings is 10. The fourth-order valence-corrected chi connectivity index (χ4v) is 20.4. The van der Waals surface area contributed by atoms with Crippen molar-refractivity contribution >= 4 is 91.4 Å². The van der Waals surface area contributed by atoms with Gasteiger partial charge in [0.1, 0.15) is 57.0 Å². The van der Waals surface area contributed by atoms with Crippen LogP contribution in [0, 0.1) is 0 Å². The van der Waals surface area contributed by atoms with Gasteiger partial charge in [0, 0.05) is 10.8 Å². The Kier molecular flexibility index (Phi) is 13.1. The van der Waals surface area contributed by atoms with Crippen molar-refractivity contribution in [2.24, 2.45) is 0 Å². The van der Waals surface area contributed by atoms with Crippen LogP contribution in [0.2, 0.25) is 0 Å². The zero-order chi connectivity index (χ0) is 55.6. The highest BCUT2D eigenvalue weighted by Gasteiger charge is 2.58. The maximum Gasteiger partial charge on any atom is 0.416 e. The van der Waals surface area contributed by atoms with E-state index in [-0.39, 0.29) is 44.2 Å². The summed E-state index contributed by atoms with van der Waals surface area (Å²) in [7, 11) is -6.90. The molecule has 2 aliphatic rings. The molecular formula is C66H44F6N2O4P2+2. The average molecular weight is 1110 g/mol. The van der Waals surface area contributed by atoms with E-state index < -0.39 is 74.7 Å². The topological polar surface area (TPSA) is 74.8 Å². The summed E-state index contributed by atoms with van der Waals surface area (Å²) < 4.78 is 84.1. The monoisotopic (exact) mass is 1100 g/mol. The van der Waals surface area contributed by atoms with E-state index in [9.17, 15) is 26.3 Å². The summed E-state index contributed by atoms with van der Waals surface area (Å²) in [5.74, 6) is -3.20. The quantitative estimate of drug-likeness (QED) is 0.0694. The predicted molar refractivity (Wildman–Crippen MR) is 305 cm³/mol. The van der Waals surface area contributed by atoms with E-state index >= 15 is 19.2 Å². The molecule has 0 aliphatic carbocycles. The van der Waals surface area contributed by atoms with Gasteiger partial charge in [0.15, 0.2) is 0 Å². The molecule has 0 spiro atoms. The van der Waals surface area contributed by atoms with Gasteiger partial charge >= 0.3 is 12.4 Å². The van der Waals surface area contributed by atoms with Crippen molar-refractivity contribution < 1.29 is 45.5 Å². The fourth-order valence-electron chi connectivity index (χ4n) is 11.5. The van der Waals surface area contributed by atoms with Gasteiger partial charge in [-0.25, -0.2) is 0 Å². The molecule has 0 saturated carbocycles. The van der Waals surface area contributed by atoms with E-state index in [0.29, 0.717) is 10.6 Å². The van der Waals surface area contributed by atoms with Crippen LogP contribution in [-0.4, -0.2) is 33.4 Å². The Morgan fingerprint density at radius 2 is 0.550 bits per heavy atom. The molecule has 0 saturated heterocycles. The smallest absolute Gasteiger partial charge is 0.270 e. The Bertz CT molecular complexity index is 3580. The Morgan fingerprint density at radius 3 is 0.775 bits per heavy atom. The van der Waals surface area contributed by atoms with Crippen molar-refractivity contribution in [3.05, 3.63) is 287 Å². The number of hydrogen-bond donors (Lipinski definition) is 0. The lowest BCUT2D eigenvalue weighted by atomic mass is 9.85. The molecule has 2 heterocycles. The van der Waals surface area contributed by atoms with Crippen molar-refractivity contribution in [2.75, 3.05) is 0 Å². The van der Waals surface area contributed by atoms with Crippen molar-refractivity contribution in [3.63, 3.8) is 0 Å². The summed E-state index contributed by atoms with van der Waals surface area (Å²) in [6, 6.07) is 69.0. The van der Waals surface area contributed by atoms with Gasteiger partial charge in [-0.05, 0) is 120 Å². The zero-order valence-corrected chi connectivity index (χ0v) is 44.0. The Balaban J connectivity index is 1.27. The molecular weight excluding hydrogens is 1060 g/mol. The largest absolute Gasteiger partial charge is 0.416 e. The zero-order valence-electron chi connectivity index (χ0n) is 42.2. The first-order valence-electron chi connectivity index (χ1n) is 25.5. The summed E-state index contributed by atoms with van der Waals surface area (Å²) in [5, 5.41) is 5.44. The number of carbonyl (C=O) groups is 4. The van der Waals surface area contributed by atoms with E-state index in [0.717, 1.165) is 65.9 Å². The molecule has 0 aromatic heterocycles. The maximum atomic E-state index is 16.3. The molecule has 0 radical (unpaired) electrons. The van der Waals surface area contributed by atoms with Gasteiger partial charge < -0.3 is 0 Å². The van der Waals surface area contributed by atoms with Gasteiger partial charge in [-0.1, -0.05) is 133 Å². The molecule has 6 nitrogen and oxygen atoms in total. The first-order chi connectivity index (χ1) is 38.6.